The van der Waals surface area contributed by atoms with Crippen molar-refractivity contribution in [3.63, 3.8) is 0 Å². The van der Waals surface area contributed by atoms with Gasteiger partial charge in [-0.2, -0.15) is 5.26 Å². The molecule has 1 aromatic heterocycles. The second kappa shape index (κ2) is 9.06. The van der Waals surface area contributed by atoms with E-state index in [1.165, 1.54) is 24.3 Å². The third kappa shape index (κ3) is 4.24. The Balaban J connectivity index is 1.97. The summed E-state index contributed by atoms with van der Waals surface area (Å²) >= 11 is 0. The Kier molecular flexibility index (Phi) is 6.02. The Morgan fingerprint density at radius 1 is 1.12 bits per heavy atom. The zero-order chi connectivity index (χ0) is 23.5. The highest BCUT2D eigenvalue weighted by Crippen LogP contribution is 2.45. The molecule has 0 spiro atoms. The first kappa shape index (κ1) is 21.9. The quantitative estimate of drug-likeness (QED) is 0.446. The Morgan fingerprint density at radius 3 is 2.39 bits per heavy atom. The molecule has 2 aromatic carbocycles. The maximum Gasteiger partial charge on any atom is 0.269 e. The summed E-state index contributed by atoms with van der Waals surface area (Å²) in [5.74, 6) is -0.788. The molecule has 2 heterocycles. The molecule has 2 atom stereocenters. The summed E-state index contributed by atoms with van der Waals surface area (Å²) in [6, 6.07) is 20.1. The van der Waals surface area contributed by atoms with Gasteiger partial charge in [-0.15, -0.1) is 0 Å². The molecule has 1 aliphatic rings. The van der Waals surface area contributed by atoms with Crippen LogP contribution in [0.3, 0.4) is 0 Å². The van der Waals surface area contributed by atoms with Crippen molar-refractivity contribution in [3.05, 3.63) is 116 Å². The van der Waals surface area contributed by atoms with Crippen molar-refractivity contribution in [1.29, 1.82) is 5.26 Å². The van der Waals surface area contributed by atoms with E-state index in [2.05, 4.69) is 11.1 Å². The first-order chi connectivity index (χ1) is 15.9. The number of hydrogen-bond acceptors (Lipinski definition) is 7. The van der Waals surface area contributed by atoms with E-state index in [0.717, 1.165) is 5.56 Å². The summed E-state index contributed by atoms with van der Waals surface area (Å²) in [6.07, 6.45) is 1.57. The first-order valence-corrected chi connectivity index (χ1v) is 11.0. The number of aromatic nitrogens is 1. The molecule has 2 N–H and O–H groups in total. The summed E-state index contributed by atoms with van der Waals surface area (Å²) in [5.41, 5.74) is 8.00. The molecule has 0 saturated carbocycles. The van der Waals surface area contributed by atoms with Gasteiger partial charge >= 0.3 is 0 Å². The minimum atomic E-state index is -1.75. The lowest BCUT2D eigenvalue weighted by atomic mass is 9.89. The fourth-order valence-corrected chi connectivity index (χ4v) is 4.92. The topological polar surface area (TPSA) is 132 Å². The number of nitrogens with zero attached hydrogens (tertiary/aromatic N) is 3. The molecule has 4 rings (SSSR count). The van der Waals surface area contributed by atoms with E-state index >= 15 is 0 Å². The monoisotopic (exact) mass is 458 g/mol. The van der Waals surface area contributed by atoms with E-state index in [4.69, 9.17) is 10.5 Å². The van der Waals surface area contributed by atoms with Gasteiger partial charge in [0.15, 0.2) is 5.76 Å². The number of hydrogen-bond donors (Lipinski definition) is 1. The molecule has 0 bridgehead atoms. The van der Waals surface area contributed by atoms with Crippen molar-refractivity contribution in [3.8, 4) is 6.07 Å². The Morgan fingerprint density at radius 2 is 1.82 bits per heavy atom. The van der Waals surface area contributed by atoms with Gasteiger partial charge in [0.2, 0.25) is 5.88 Å². The smallest absolute Gasteiger partial charge is 0.269 e. The molecule has 1 aliphatic heterocycles. The van der Waals surface area contributed by atoms with E-state index in [-0.39, 0.29) is 27.8 Å². The van der Waals surface area contributed by atoms with E-state index in [0.29, 0.717) is 16.2 Å². The molecule has 0 radical (unpaired) electrons. The Hall–Kier alpha value is -4.29. The van der Waals surface area contributed by atoms with E-state index in [1.54, 1.807) is 36.5 Å². The van der Waals surface area contributed by atoms with E-state index < -0.39 is 21.6 Å². The van der Waals surface area contributed by atoms with Gasteiger partial charge in [0.1, 0.15) is 17.3 Å². The number of non-ortho nitro benzene ring substituents is 1. The molecule has 0 saturated heterocycles. The summed E-state index contributed by atoms with van der Waals surface area (Å²) in [4.78, 5) is 15.7. The van der Waals surface area contributed by atoms with Crippen LogP contribution < -0.4 is 5.73 Å². The minimum Gasteiger partial charge on any atom is -0.437 e. The molecule has 33 heavy (non-hydrogen) atoms. The summed E-state index contributed by atoms with van der Waals surface area (Å²) in [5, 5.41) is 21.0. The predicted octanol–water partition coefficient (Wildman–Crippen LogP) is 4.28. The third-order valence-corrected chi connectivity index (χ3v) is 6.66. The number of nitro benzene ring substituents is 1. The first-order valence-electron chi connectivity index (χ1n) is 9.86. The van der Waals surface area contributed by atoms with Gasteiger partial charge in [-0.3, -0.25) is 15.1 Å². The molecular weight excluding hydrogens is 440 g/mol. The van der Waals surface area contributed by atoms with Crippen molar-refractivity contribution >= 4 is 22.2 Å². The highest BCUT2D eigenvalue weighted by molar-refractivity contribution is 7.89. The van der Waals surface area contributed by atoms with E-state index in [9.17, 15) is 19.6 Å². The number of aryl methyl sites for hydroxylation is 1. The molecular formula is C24H18N4O4S. The number of nitro groups is 1. The highest BCUT2D eigenvalue weighted by Gasteiger charge is 2.37. The third-order valence-electron chi connectivity index (χ3n) is 5.14. The van der Waals surface area contributed by atoms with Crippen LogP contribution in [0, 0.1) is 28.4 Å². The zero-order valence-corrected chi connectivity index (χ0v) is 18.3. The van der Waals surface area contributed by atoms with Crippen LogP contribution in [0.15, 0.2) is 94.2 Å². The maximum absolute atomic E-state index is 13.9. The van der Waals surface area contributed by atoms with Crippen LogP contribution in [0.25, 0.3) is 5.76 Å². The normalized spacial score (nSPS) is 16.7. The molecule has 3 aromatic rings. The number of rotatable bonds is 5. The number of ether oxygens (including phenoxy) is 1. The Labute approximate surface area is 192 Å². The van der Waals surface area contributed by atoms with Gasteiger partial charge in [0, 0.05) is 23.2 Å². The van der Waals surface area contributed by atoms with Crippen LogP contribution in [0.1, 0.15) is 22.7 Å². The molecule has 0 unspecified atom stereocenters. The standard InChI is InChI=1S/C24H18N4O4S/c1-15-5-11-18(12-6-15)33(31)23-21(16-7-9-17(10-8-16)28(29)30)19(14-25)24(26)32-22(23)20-4-2-3-13-27-20/h2-13,21H,26H2,1H3/t21-,33+/m1/s1. The average Bonchev–Trinajstić information content (AvgIpc) is 2.84. The number of nitriles is 1. The van der Waals surface area contributed by atoms with Crippen molar-refractivity contribution in [2.24, 2.45) is 5.73 Å². The SMILES string of the molecule is Cc1ccc([S@](=O)C2=C(c3ccccn3)OC(N)=C(C#N)[C@H]2c2ccc([N+](=O)[O-])cc2)cc1. The van der Waals surface area contributed by atoms with Gasteiger partial charge < -0.3 is 10.5 Å². The van der Waals surface area contributed by atoms with Crippen molar-refractivity contribution in [1.82, 2.24) is 4.98 Å². The van der Waals surface area contributed by atoms with Gasteiger partial charge in [-0.25, -0.2) is 4.21 Å². The van der Waals surface area contributed by atoms with Crippen molar-refractivity contribution < 1.29 is 13.9 Å². The van der Waals surface area contributed by atoms with Gasteiger partial charge in [0.05, 0.1) is 26.5 Å². The predicted molar refractivity (Wildman–Crippen MR) is 122 cm³/mol. The van der Waals surface area contributed by atoms with E-state index in [1.807, 2.05) is 19.1 Å². The van der Waals surface area contributed by atoms with Crippen LogP contribution in [0.2, 0.25) is 0 Å². The molecule has 164 valence electrons. The van der Waals surface area contributed by atoms with Crippen LogP contribution in [-0.2, 0) is 15.5 Å². The second-order valence-electron chi connectivity index (χ2n) is 7.26. The summed E-state index contributed by atoms with van der Waals surface area (Å²) in [7, 11) is -1.75. The van der Waals surface area contributed by atoms with Gasteiger partial charge in [-0.05, 0) is 36.8 Å². The minimum absolute atomic E-state index is 0.0685. The Bertz CT molecular complexity index is 1340. The number of nitrogens with two attached hydrogens (primary N) is 1. The number of pyridine rings is 1. The molecule has 0 aliphatic carbocycles. The van der Waals surface area contributed by atoms with Gasteiger partial charge in [-0.1, -0.05) is 35.9 Å². The van der Waals surface area contributed by atoms with Crippen molar-refractivity contribution in [2.75, 3.05) is 0 Å². The van der Waals surface area contributed by atoms with Crippen LogP contribution in [0.5, 0.6) is 0 Å². The lowest BCUT2D eigenvalue weighted by molar-refractivity contribution is -0.384. The largest absolute Gasteiger partial charge is 0.437 e. The number of allylic oxidation sites excluding steroid dienone is 2. The summed E-state index contributed by atoms with van der Waals surface area (Å²) in [6.45, 7) is 1.92. The maximum atomic E-state index is 13.9. The van der Waals surface area contributed by atoms with Crippen molar-refractivity contribution in [2.45, 2.75) is 17.7 Å². The second-order valence-corrected chi connectivity index (χ2v) is 8.71. The zero-order valence-electron chi connectivity index (χ0n) is 17.5. The lowest BCUT2D eigenvalue weighted by Gasteiger charge is -2.28. The number of benzene rings is 2. The molecule has 9 heteroatoms. The average molecular weight is 458 g/mol. The fraction of sp³-hybridized carbons (Fsp3) is 0.0833. The lowest BCUT2D eigenvalue weighted by Crippen LogP contribution is -2.23. The molecule has 0 fully saturated rings. The fourth-order valence-electron chi connectivity index (χ4n) is 3.50. The van der Waals surface area contributed by atoms with Crippen LogP contribution in [-0.4, -0.2) is 14.1 Å². The van der Waals surface area contributed by atoms with Crippen LogP contribution in [0.4, 0.5) is 5.69 Å². The highest BCUT2D eigenvalue weighted by atomic mass is 32.2. The van der Waals surface area contributed by atoms with Gasteiger partial charge in [0.25, 0.3) is 5.69 Å². The van der Waals surface area contributed by atoms with Crippen LogP contribution >= 0.6 is 0 Å². The molecule has 0 amide bonds. The summed E-state index contributed by atoms with van der Waals surface area (Å²) < 4.78 is 19.7. The molecule has 8 nitrogen and oxygen atoms in total.